The number of carbonyl (C=O) groups excluding carboxylic acids is 1. The van der Waals surface area contributed by atoms with Crippen LogP contribution in [0.15, 0.2) is 22.6 Å². The van der Waals surface area contributed by atoms with E-state index in [1.54, 1.807) is 6.92 Å². The van der Waals surface area contributed by atoms with E-state index in [0.29, 0.717) is 0 Å². The zero-order valence-corrected chi connectivity index (χ0v) is 9.84. The van der Waals surface area contributed by atoms with Crippen molar-refractivity contribution in [3.63, 3.8) is 0 Å². The Morgan fingerprint density at radius 2 is 2.29 bits per heavy atom. The third-order valence-electron chi connectivity index (χ3n) is 2.50. The van der Waals surface area contributed by atoms with Gasteiger partial charge < -0.3 is 0 Å². The molecule has 1 aliphatic heterocycles. The van der Waals surface area contributed by atoms with E-state index in [-0.39, 0.29) is 11.8 Å². The molecular weight excluding hydrogens is 194 g/mol. The van der Waals surface area contributed by atoms with Gasteiger partial charge in [0, 0.05) is 6.54 Å². The molecule has 0 aromatic carbocycles. The van der Waals surface area contributed by atoms with Crippen molar-refractivity contribution < 1.29 is 4.79 Å². The third-order valence-corrected chi connectivity index (χ3v) is 2.98. The molecule has 0 fully saturated rings. The molecule has 2 nitrogen and oxygen atoms in total. The van der Waals surface area contributed by atoms with Crippen LogP contribution in [0.1, 0.15) is 20.3 Å². The van der Waals surface area contributed by atoms with Crippen molar-refractivity contribution in [2.24, 2.45) is 0 Å². The summed E-state index contributed by atoms with van der Waals surface area (Å²) in [4.78, 5) is 14.6. The van der Waals surface area contributed by atoms with Crippen molar-refractivity contribution in [1.82, 2.24) is 4.90 Å². The Morgan fingerprint density at radius 1 is 1.64 bits per heavy atom. The molecule has 0 spiro atoms. The molecule has 0 aromatic heterocycles. The highest BCUT2D eigenvalue weighted by Gasteiger charge is 2.27. The lowest BCUT2D eigenvalue weighted by Gasteiger charge is -2.32. The van der Waals surface area contributed by atoms with Crippen LogP contribution < -0.4 is 0 Å². The molecule has 78 valence electrons. The maximum atomic E-state index is 11.5. The van der Waals surface area contributed by atoms with Crippen molar-refractivity contribution in [2.45, 2.75) is 26.3 Å². The smallest absolute Gasteiger partial charge is 0.151 e. The van der Waals surface area contributed by atoms with Gasteiger partial charge in [-0.2, -0.15) is 0 Å². The number of nitrogens with zero attached hydrogens (tertiary/aromatic N) is 1. The number of rotatable bonds is 2. The van der Waals surface area contributed by atoms with Crippen LogP contribution in [0.25, 0.3) is 0 Å². The predicted molar refractivity (Wildman–Crippen MR) is 62.5 cm³/mol. The van der Waals surface area contributed by atoms with E-state index in [0.717, 1.165) is 23.4 Å². The topological polar surface area (TPSA) is 20.3 Å². The Hall–Kier alpha value is -0.540. The lowest BCUT2D eigenvalue weighted by atomic mass is 9.96. The van der Waals surface area contributed by atoms with E-state index in [9.17, 15) is 4.79 Å². The van der Waals surface area contributed by atoms with Gasteiger partial charge in [0.05, 0.1) is 6.04 Å². The normalized spacial score (nSPS) is 24.7. The molecule has 1 unspecified atom stereocenters. The Labute approximate surface area is 91.1 Å². The number of Topliss-reactive ketones (excluding diaryl/α,β-unsaturated/α-hetero) is 1. The molecule has 0 saturated carbocycles. The highest BCUT2D eigenvalue weighted by Crippen LogP contribution is 2.26. The summed E-state index contributed by atoms with van der Waals surface area (Å²) >= 11 is 4.43. The number of carbonyl (C=O) groups is 1. The van der Waals surface area contributed by atoms with Gasteiger partial charge >= 0.3 is 0 Å². The number of hydrogen-bond donors (Lipinski definition) is 1. The van der Waals surface area contributed by atoms with Crippen LogP contribution in [0, 0.1) is 0 Å². The van der Waals surface area contributed by atoms with Crippen LogP contribution in [0.4, 0.5) is 0 Å². The molecule has 14 heavy (non-hydrogen) atoms. The number of hydrogen-bond acceptors (Lipinski definition) is 3. The summed E-state index contributed by atoms with van der Waals surface area (Å²) in [5.41, 5.74) is 1.05. The maximum absolute atomic E-state index is 11.5. The first-order valence-electron chi connectivity index (χ1n) is 4.83. The van der Waals surface area contributed by atoms with Gasteiger partial charge in [-0.15, -0.1) is 12.6 Å². The largest absolute Gasteiger partial charge is 0.298 e. The van der Waals surface area contributed by atoms with Crippen LogP contribution in [-0.2, 0) is 4.79 Å². The summed E-state index contributed by atoms with van der Waals surface area (Å²) in [6, 6.07) is -0.104. The fourth-order valence-electron chi connectivity index (χ4n) is 1.85. The molecule has 1 rings (SSSR count). The fraction of sp³-hybridized carbons (Fsp3) is 0.545. The molecule has 3 heteroatoms. The Morgan fingerprint density at radius 3 is 2.79 bits per heavy atom. The van der Waals surface area contributed by atoms with Crippen LogP contribution in [0.5, 0.6) is 0 Å². The van der Waals surface area contributed by atoms with Gasteiger partial charge in [-0.25, -0.2) is 0 Å². The summed E-state index contributed by atoms with van der Waals surface area (Å²) in [7, 11) is 1.98. The summed E-state index contributed by atoms with van der Waals surface area (Å²) in [5.74, 6) is 0.187. The average Bonchev–Trinajstić information content (AvgIpc) is 2.11. The van der Waals surface area contributed by atoms with Gasteiger partial charge in [-0.1, -0.05) is 12.2 Å². The first-order chi connectivity index (χ1) is 6.57. The molecule has 0 aromatic rings. The van der Waals surface area contributed by atoms with Crippen LogP contribution in [0.2, 0.25) is 0 Å². The van der Waals surface area contributed by atoms with E-state index in [1.807, 2.05) is 26.1 Å². The first kappa shape index (κ1) is 11.5. The Bertz CT molecular complexity index is 294. The van der Waals surface area contributed by atoms with E-state index in [2.05, 4.69) is 17.5 Å². The van der Waals surface area contributed by atoms with Crippen LogP contribution in [-0.4, -0.2) is 30.3 Å². The molecule has 0 N–H and O–H groups in total. The maximum Gasteiger partial charge on any atom is 0.151 e. The molecule has 0 bridgehead atoms. The highest BCUT2D eigenvalue weighted by atomic mass is 32.1. The van der Waals surface area contributed by atoms with Gasteiger partial charge in [0.15, 0.2) is 5.78 Å². The summed E-state index contributed by atoms with van der Waals surface area (Å²) < 4.78 is 0. The lowest BCUT2D eigenvalue weighted by molar-refractivity contribution is -0.120. The minimum Gasteiger partial charge on any atom is -0.298 e. The molecule has 0 saturated heterocycles. The van der Waals surface area contributed by atoms with Crippen molar-refractivity contribution in [3.8, 4) is 0 Å². The minimum atomic E-state index is -0.104. The van der Waals surface area contributed by atoms with E-state index in [1.165, 1.54) is 0 Å². The van der Waals surface area contributed by atoms with Crippen molar-refractivity contribution in [1.29, 1.82) is 0 Å². The quantitative estimate of drug-likeness (QED) is 0.705. The van der Waals surface area contributed by atoms with Gasteiger partial charge in [0.2, 0.25) is 0 Å². The SMILES string of the molecule is C/C=C\C1=C(S)CCN(C)C1C(C)=O. The first-order valence-corrected chi connectivity index (χ1v) is 5.28. The standard InChI is InChI=1S/C11H17NOS/c1-4-5-9-10(14)6-7-12(3)11(9)8(2)13/h4-5,11,14H,6-7H2,1-3H3/b5-4-. The van der Waals surface area contributed by atoms with Gasteiger partial charge in [-0.05, 0) is 37.8 Å². The van der Waals surface area contributed by atoms with E-state index < -0.39 is 0 Å². The van der Waals surface area contributed by atoms with Crippen molar-refractivity contribution in [3.05, 3.63) is 22.6 Å². The van der Waals surface area contributed by atoms with E-state index >= 15 is 0 Å². The molecule has 1 aliphatic rings. The third kappa shape index (κ3) is 2.28. The summed E-state index contributed by atoms with van der Waals surface area (Å²) in [6.45, 7) is 4.50. The molecular formula is C11H17NOS. The lowest BCUT2D eigenvalue weighted by Crippen LogP contribution is -2.42. The van der Waals surface area contributed by atoms with Crippen LogP contribution in [0.3, 0.4) is 0 Å². The Kier molecular flexibility index (Phi) is 3.96. The highest BCUT2D eigenvalue weighted by molar-refractivity contribution is 7.84. The van der Waals surface area contributed by atoms with E-state index in [4.69, 9.17) is 0 Å². The molecule has 1 heterocycles. The van der Waals surface area contributed by atoms with Crippen molar-refractivity contribution in [2.75, 3.05) is 13.6 Å². The number of ketones is 1. The number of likely N-dealkylation sites (N-methyl/N-ethyl adjacent to an activating group) is 1. The van der Waals surface area contributed by atoms with Gasteiger partial charge in [-0.3, -0.25) is 9.69 Å². The number of thiol groups is 1. The zero-order valence-electron chi connectivity index (χ0n) is 8.95. The Balaban J connectivity index is 3.07. The molecule has 0 amide bonds. The monoisotopic (exact) mass is 211 g/mol. The molecule has 1 atom stereocenters. The second-order valence-corrected chi connectivity index (χ2v) is 4.19. The number of allylic oxidation sites excluding steroid dienone is 1. The summed E-state index contributed by atoms with van der Waals surface area (Å²) in [6.07, 6.45) is 4.88. The molecule has 0 radical (unpaired) electrons. The minimum absolute atomic E-state index is 0.104. The average molecular weight is 211 g/mol. The second-order valence-electron chi connectivity index (χ2n) is 3.65. The van der Waals surface area contributed by atoms with Crippen molar-refractivity contribution >= 4 is 18.4 Å². The van der Waals surface area contributed by atoms with Gasteiger partial charge in [0.25, 0.3) is 0 Å². The zero-order chi connectivity index (χ0) is 10.7. The second kappa shape index (κ2) is 4.80. The fourth-order valence-corrected chi connectivity index (χ4v) is 2.14. The molecule has 0 aliphatic carbocycles. The van der Waals surface area contributed by atoms with Crippen LogP contribution >= 0.6 is 12.6 Å². The predicted octanol–water partition coefficient (Wildman–Crippen LogP) is 2.04. The van der Waals surface area contributed by atoms with Gasteiger partial charge in [0.1, 0.15) is 0 Å². The summed E-state index contributed by atoms with van der Waals surface area (Å²) in [5, 5.41) is 0.